The number of hydrogen-bond acceptors (Lipinski definition) is 3. The molecule has 29 heavy (non-hydrogen) atoms. The standard InChI is InChI=1S/C23H28BrN3O2/c1-4-27(5-2)11-7-6-8-21(28)22-15(3)12-17(25-22)14-19-18-13-16(24)9-10-20(18)26-23(19)29/h9-10,12-14,25H,4-8,11H2,1-3H3,(H,26,29)/b19-14-. The average Bonchev–Trinajstić information content (AvgIpc) is 3.21. The molecule has 1 aliphatic rings. The van der Waals surface area contributed by atoms with E-state index in [1.165, 1.54) is 0 Å². The minimum absolute atomic E-state index is 0.130. The van der Waals surface area contributed by atoms with Crippen molar-refractivity contribution in [2.75, 3.05) is 25.0 Å². The van der Waals surface area contributed by atoms with Crippen LogP contribution in [-0.2, 0) is 4.79 Å². The van der Waals surface area contributed by atoms with E-state index < -0.39 is 0 Å². The number of unbranched alkanes of at least 4 members (excludes halogenated alkanes) is 1. The summed E-state index contributed by atoms with van der Waals surface area (Å²) in [5.74, 6) is 0.000321. The molecule has 0 saturated carbocycles. The molecule has 6 heteroatoms. The Labute approximate surface area is 180 Å². The fourth-order valence-corrected chi connectivity index (χ4v) is 4.06. The first-order chi connectivity index (χ1) is 13.9. The van der Waals surface area contributed by atoms with Gasteiger partial charge in [-0.3, -0.25) is 9.59 Å². The lowest BCUT2D eigenvalue weighted by atomic mass is 10.1. The van der Waals surface area contributed by atoms with Gasteiger partial charge < -0.3 is 15.2 Å². The molecule has 1 aliphatic heterocycles. The van der Waals surface area contributed by atoms with E-state index in [0.29, 0.717) is 17.7 Å². The van der Waals surface area contributed by atoms with E-state index in [1.54, 1.807) is 0 Å². The molecular weight excluding hydrogens is 430 g/mol. The summed E-state index contributed by atoms with van der Waals surface area (Å²) in [6, 6.07) is 7.64. The quantitative estimate of drug-likeness (QED) is 0.306. The lowest BCUT2D eigenvalue weighted by Gasteiger charge is -2.17. The molecule has 0 spiro atoms. The van der Waals surface area contributed by atoms with Crippen LogP contribution in [0.3, 0.4) is 0 Å². The highest BCUT2D eigenvalue weighted by Gasteiger charge is 2.24. The van der Waals surface area contributed by atoms with Crippen LogP contribution in [0.25, 0.3) is 11.6 Å². The number of H-pyrrole nitrogens is 1. The van der Waals surface area contributed by atoms with Crippen molar-refractivity contribution in [1.82, 2.24) is 9.88 Å². The number of aromatic amines is 1. The van der Waals surface area contributed by atoms with Crippen molar-refractivity contribution in [3.63, 3.8) is 0 Å². The van der Waals surface area contributed by atoms with Gasteiger partial charge in [0.1, 0.15) is 0 Å². The number of aromatic nitrogens is 1. The van der Waals surface area contributed by atoms with Crippen molar-refractivity contribution in [2.45, 2.75) is 40.0 Å². The van der Waals surface area contributed by atoms with Crippen LogP contribution in [0, 0.1) is 6.92 Å². The van der Waals surface area contributed by atoms with E-state index in [-0.39, 0.29) is 11.7 Å². The van der Waals surface area contributed by atoms with Gasteiger partial charge in [0.25, 0.3) is 5.91 Å². The Kier molecular flexibility index (Phi) is 7.09. The van der Waals surface area contributed by atoms with Gasteiger partial charge in [-0.05, 0) is 75.3 Å². The molecule has 0 unspecified atom stereocenters. The summed E-state index contributed by atoms with van der Waals surface area (Å²) in [4.78, 5) is 30.6. The largest absolute Gasteiger partial charge is 0.352 e. The van der Waals surface area contributed by atoms with E-state index in [1.807, 2.05) is 37.3 Å². The number of Topliss-reactive ketones (excluding diaryl/α,β-unsaturated/α-hetero) is 1. The number of carbonyl (C=O) groups excluding carboxylic acids is 2. The third kappa shape index (κ3) is 5.06. The van der Waals surface area contributed by atoms with Crippen molar-refractivity contribution in [3.8, 4) is 0 Å². The van der Waals surface area contributed by atoms with E-state index in [0.717, 1.165) is 59.5 Å². The Balaban J connectivity index is 1.69. The third-order valence-corrected chi connectivity index (χ3v) is 5.89. The summed E-state index contributed by atoms with van der Waals surface area (Å²) in [5.41, 5.74) is 4.59. The van der Waals surface area contributed by atoms with E-state index in [4.69, 9.17) is 0 Å². The molecule has 1 aromatic heterocycles. The molecular formula is C23H28BrN3O2. The number of ketones is 1. The summed E-state index contributed by atoms with van der Waals surface area (Å²) in [7, 11) is 0. The molecule has 2 N–H and O–H groups in total. The normalized spacial score (nSPS) is 14.5. The maximum Gasteiger partial charge on any atom is 0.256 e. The number of anilines is 1. The second kappa shape index (κ2) is 9.55. The second-order valence-electron chi connectivity index (χ2n) is 7.39. The zero-order chi connectivity index (χ0) is 21.0. The van der Waals surface area contributed by atoms with Gasteiger partial charge in [-0.2, -0.15) is 0 Å². The highest BCUT2D eigenvalue weighted by Crippen LogP contribution is 2.35. The molecule has 5 nitrogen and oxygen atoms in total. The van der Waals surface area contributed by atoms with Gasteiger partial charge in [0.15, 0.2) is 5.78 Å². The highest BCUT2D eigenvalue weighted by molar-refractivity contribution is 9.10. The number of fused-ring (bicyclic) bond motifs is 1. The first-order valence-corrected chi connectivity index (χ1v) is 11.0. The van der Waals surface area contributed by atoms with Crippen LogP contribution in [-0.4, -0.2) is 41.2 Å². The average molecular weight is 458 g/mol. The van der Waals surface area contributed by atoms with Crippen LogP contribution in [0.2, 0.25) is 0 Å². The summed E-state index contributed by atoms with van der Waals surface area (Å²) in [6.07, 6.45) is 4.26. The van der Waals surface area contributed by atoms with Crippen LogP contribution in [0.5, 0.6) is 0 Å². The Morgan fingerprint density at radius 1 is 1.17 bits per heavy atom. The zero-order valence-corrected chi connectivity index (χ0v) is 18.9. The monoisotopic (exact) mass is 457 g/mol. The molecule has 0 atom stereocenters. The Hall–Kier alpha value is -2.18. The highest BCUT2D eigenvalue weighted by atomic mass is 79.9. The number of nitrogens with one attached hydrogen (secondary N) is 2. The lowest BCUT2D eigenvalue weighted by molar-refractivity contribution is -0.110. The maximum atomic E-state index is 12.7. The van der Waals surface area contributed by atoms with E-state index >= 15 is 0 Å². The van der Waals surface area contributed by atoms with Crippen molar-refractivity contribution >= 4 is 45.0 Å². The van der Waals surface area contributed by atoms with Crippen LogP contribution in [0.15, 0.2) is 28.7 Å². The summed E-state index contributed by atoms with van der Waals surface area (Å²) >= 11 is 3.46. The molecule has 3 rings (SSSR count). The molecule has 1 aromatic carbocycles. The predicted octanol–water partition coefficient (Wildman–Crippen LogP) is 5.27. The smallest absolute Gasteiger partial charge is 0.256 e. The molecule has 0 fully saturated rings. The summed E-state index contributed by atoms with van der Waals surface area (Å²) in [5, 5.41) is 2.88. The molecule has 2 heterocycles. The van der Waals surface area contributed by atoms with Gasteiger partial charge in [-0.1, -0.05) is 29.8 Å². The van der Waals surface area contributed by atoms with Crippen molar-refractivity contribution < 1.29 is 9.59 Å². The molecule has 0 radical (unpaired) electrons. The maximum absolute atomic E-state index is 12.7. The molecule has 1 amide bonds. The third-order valence-electron chi connectivity index (χ3n) is 5.40. The minimum Gasteiger partial charge on any atom is -0.352 e. The van der Waals surface area contributed by atoms with Crippen LogP contribution < -0.4 is 5.32 Å². The van der Waals surface area contributed by atoms with Crippen molar-refractivity contribution in [1.29, 1.82) is 0 Å². The first kappa shape index (κ1) is 21.5. The molecule has 2 aromatic rings. The van der Waals surface area contributed by atoms with Gasteiger partial charge >= 0.3 is 0 Å². The number of hydrogen-bond donors (Lipinski definition) is 2. The van der Waals surface area contributed by atoms with Crippen LogP contribution in [0.1, 0.15) is 60.4 Å². The Morgan fingerprint density at radius 3 is 2.66 bits per heavy atom. The van der Waals surface area contributed by atoms with E-state index in [9.17, 15) is 9.59 Å². The fourth-order valence-electron chi connectivity index (χ4n) is 3.70. The van der Waals surface area contributed by atoms with Crippen LogP contribution >= 0.6 is 15.9 Å². The number of rotatable bonds is 9. The van der Waals surface area contributed by atoms with E-state index in [2.05, 4.69) is 45.0 Å². The first-order valence-electron chi connectivity index (χ1n) is 10.2. The number of halogens is 1. The Morgan fingerprint density at radius 2 is 1.93 bits per heavy atom. The van der Waals surface area contributed by atoms with Crippen LogP contribution in [0.4, 0.5) is 5.69 Å². The van der Waals surface area contributed by atoms with Gasteiger partial charge in [0, 0.05) is 27.8 Å². The summed E-state index contributed by atoms with van der Waals surface area (Å²) < 4.78 is 0.918. The zero-order valence-electron chi connectivity index (χ0n) is 17.3. The van der Waals surface area contributed by atoms with Crippen molar-refractivity contribution in [3.05, 3.63) is 51.3 Å². The summed E-state index contributed by atoms with van der Waals surface area (Å²) in [6.45, 7) is 9.38. The minimum atomic E-state index is -0.130. The number of amides is 1. The van der Waals surface area contributed by atoms with Gasteiger partial charge in [-0.15, -0.1) is 0 Å². The lowest BCUT2D eigenvalue weighted by Crippen LogP contribution is -2.24. The van der Waals surface area contributed by atoms with Gasteiger partial charge in [-0.25, -0.2) is 0 Å². The predicted molar refractivity (Wildman–Crippen MR) is 122 cm³/mol. The number of nitrogens with zero attached hydrogens (tertiary/aromatic N) is 1. The number of carbonyl (C=O) groups is 2. The molecule has 154 valence electrons. The van der Waals surface area contributed by atoms with Gasteiger partial charge in [0.05, 0.1) is 11.3 Å². The Bertz CT molecular complexity index is 942. The molecule has 0 saturated heterocycles. The number of aryl methyl sites for hydroxylation is 1. The second-order valence-corrected chi connectivity index (χ2v) is 8.31. The van der Waals surface area contributed by atoms with Gasteiger partial charge in [0.2, 0.25) is 0 Å². The molecule has 0 bridgehead atoms. The molecule has 0 aliphatic carbocycles. The number of benzene rings is 1. The topological polar surface area (TPSA) is 65.2 Å². The van der Waals surface area contributed by atoms with Crippen molar-refractivity contribution in [2.24, 2.45) is 0 Å². The SMILES string of the molecule is CCN(CC)CCCCC(=O)c1[nH]c(/C=C2\C(=O)Nc3ccc(Br)cc32)cc1C. The fraction of sp³-hybridized carbons (Fsp3) is 0.391.